The molecule has 0 aliphatic carbocycles. The number of amides is 1. The molecule has 0 radical (unpaired) electrons. The van der Waals surface area contributed by atoms with Crippen molar-refractivity contribution in [2.24, 2.45) is 0 Å². The maximum Gasteiger partial charge on any atom is 0.519 e. The van der Waals surface area contributed by atoms with Crippen molar-refractivity contribution in [2.75, 3.05) is 12.5 Å². The van der Waals surface area contributed by atoms with Crippen molar-refractivity contribution in [3.8, 4) is 0 Å². The number of ether oxygens (including phenoxy) is 4. The van der Waals surface area contributed by atoms with Crippen LogP contribution in [0, 0.1) is 6.92 Å². The molecule has 0 bridgehead atoms. The standard InChI is InChI=1S/C17H23NO11S/c1-9-12(28-15(22)27-9)6-24-16(23)30-7-11(13(20)29-17(3,4)5)18-14(21)26-8-25-10(2)19/h11H,6-8H2,1-5H3,(H,18,21)/t11-/m0/s1. The van der Waals surface area contributed by atoms with E-state index < -0.39 is 47.6 Å². The van der Waals surface area contributed by atoms with Crippen LogP contribution in [0.4, 0.5) is 9.59 Å². The molecule has 1 aromatic rings. The van der Waals surface area contributed by atoms with E-state index in [1.807, 2.05) is 0 Å². The van der Waals surface area contributed by atoms with Gasteiger partial charge in [-0.3, -0.25) is 4.79 Å². The fourth-order valence-electron chi connectivity index (χ4n) is 1.72. The van der Waals surface area contributed by atoms with Crippen LogP contribution in [0.3, 0.4) is 0 Å². The van der Waals surface area contributed by atoms with Crippen LogP contribution in [-0.2, 0) is 35.1 Å². The summed E-state index contributed by atoms with van der Waals surface area (Å²) >= 11 is 0.573. The molecule has 1 N–H and O–H groups in total. The van der Waals surface area contributed by atoms with Gasteiger partial charge >= 0.3 is 29.2 Å². The zero-order chi connectivity index (χ0) is 22.9. The van der Waals surface area contributed by atoms with E-state index in [2.05, 4.69) is 19.2 Å². The van der Waals surface area contributed by atoms with Crippen LogP contribution < -0.4 is 11.1 Å². The van der Waals surface area contributed by atoms with Gasteiger partial charge in [0.2, 0.25) is 6.79 Å². The molecular weight excluding hydrogens is 426 g/mol. The molecule has 0 saturated carbocycles. The van der Waals surface area contributed by atoms with Gasteiger partial charge in [-0.25, -0.2) is 19.2 Å². The van der Waals surface area contributed by atoms with Crippen LogP contribution in [0.1, 0.15) is 39.2 Å². The SMILES string of the molecule is CC(=O)OCOC(=O)N[C@@H](CSC(=O)OCc1oc(=O)oc1C)C(=O)OC(C)(C)C. The number of alkyl carbamates (subject to hydrolysis) is 1. The van der Waals surface area contributed by atoms with E-state index >= 15 is 0 Å². The minimum absolute atomic E-state index is 0.0461. The van der Waals surface area contributed by atoms with Crippen LogP contribution in [-0.4, -0.2) is 47.5 Å². The van der Waals surface area contributed by atoms with Crippen molar-refractivity contribution in [3.05, 3.63) is 22.1 Å². The molecule has 1 aromatic heterocycles. The fraction of sp³-hybridized carbons (Fsp3) is 0.588. The van der Waals surface area contributed by atoms with Crippen molar-refractivity contribution in [1.29, 1.82) is 0 Å². The Labute approximate surface area is 175 Å². The summed E-state index contributed by atoms with van der Waals surface area (Å²) in [6.07, 6.45) is -1.06. The van der Waals surface area contributed by atoms with Crippen LogP contribution in [0.15, 0.2) is 13.6 Å². The molecule has 1 amide bonds. The summed E-state index contributed by atoms with van der Waals surface area (Å²) in [4.78, 5) is 57.7. The molecule has 0 unspecified atom stereocenters. The molecule has 1 rings (SSSR count). The Morgan fingerprint density at radius 1 is 1.10 bits per heavy atom. The lowest BCUT2D eigenvalue weighted by molar-refractivity contribution is -0.157. The highest BCUT2D eigenvalue weighted by atomic mass is 32.2. The fourth-order valence-corrected chi connectivity index (χ4v) is 2.38. The molecular formula is C17H23NO11S. The van der Waals surface area contributed by atoms with Crippen molar-refractivity contribution in [2.45, 2.75) is 52.9 Å². The van der Waals surface area contributed by atoms with E-state index in [0.717, 1.165) is 6.92 Å². The summed E-state index contributed by atoms with van der Waals surface area (Å²) in [7, 11) is 0. The predicted molar refractivity (Wildman–Crippen MR) is 101 cm³/mol. The average molecular weight is 449 g/mol. The Hall–Kier alpha value is -2.96. The van der Waals surface area contributed by atoms with Gasteiger partial charge < -0.3 is 33.1 Å². The van der Waals surface area contributed by atoms with E-state index in [4.69, 9.17) is 13.9 Å². The average Bonchev–Trinajstić information content (AvgIpc) is 2.92. The van der Waals surface area contributed by atoms with Crippen molar-refractivity contribution >= 4 is 35.1 Å². The number of aryl methyl sites for hydroxylation is 1. The lowest BCUT2D eigenvalue weighted by Gasteiger charge is -2.24. The van der Waals surface area contributed by atoms with Crippen molar-refractivity contribution < 1.29 is 47.0 Å². The molecule has 0 aliphatic rings. The lowest BCUT2D eigenvalue weighted by Crippen LogP contribution is -2.46. The lowest BCUT2D eigenvalue weighted by atomic mass is 10.2. The van der Waals surface area contributed by atoms with E-state index in [9.17, 15) is 24.0 Å². The van der Waals surface area contributed by atoms with Crippen LogP contribution in [0.2, 0.25) is 0 Å². The van der Waals surface area contributed by atoms with Crippen LogP contribution >= 0.6 is 11.8 Å². The van der Waals surface area contributed by atoms with Gasteiger partial charge in [0.05, 0.1) is 0 Å². The third-order valence-corrected chi connectivity index (χ3v) is 3.81. The van der Waals surface area contributed by atoms with E-state index in [0.29, 0.717) is 11.8 Å². The Morgan fingerprint density at radius 3 is 2.30 bits per heavy atom. The van der Waals surface area contributed by atoms with E-state index in [-0.39, 0.29) is 23.9 Å². The summed E-state index contributed by atoms with van der Waals surface area (Å²) < 4.78 is 28.5. The number of hydrogen-bond acceptors (Lipinski definition) is 12. The number of nitrogens with one attached hydrogen (secondary N) is 1. The molecule has 1 heterocycles. The van der Waals surface area contributed by atoms with Crippen molar-refractivity contribution in [1.82, 2.24) is 5.32 Å². The number of rotatable bonds is 8. The maximum absolute atomic E-state index is 12.3. The zero-order valence-electron chi connectivity index (χ0n) is 17.1. The van der Waals surface area contributed by atoms with Gasteiger partial charge in [-0.05, 0) is 39.5 Å². The van der Waals surface area contributed by atoms with E-state index in [1.165, 1.54) is 6.92 Å². The number of hydrogen-bond donors (Lipinski definition) is 1. The molecule has 30 heavy (non-hydrogen) atoms. The third-order valence-electron chi connectivity index (χ3n) is 2.96. The van der Waals surface area contributed by atoms with Crippen LogP contribution in [0.25, 0.3) is 0 Å². The molecule has 1 atom stereocenters. The second kappa shape index (κ2) is 11.3. The molecule has 0 saturated heterocycles. The molecule has 13 heteroatoms. The first-order chi connectivity index (χ1) is 13.9. The third kappa shape index (κ3) is 10.0. The highest BCUT2D eigenvalue weighted by molar-refractivity contribution is 8.13. The van der Waals surface area contributed by atoms with Crippen molar-refractivity contribution in [3.63, 3.8) is 0 Å². The molecule has 0 aromatic carbocycles. The largest absolute Gasteiger partial charge is 0.519 e. The predicted octanol–water partition coefficient (Wildman–Crippen LogP) is 1.87. The monoisotopic (exact) mass is 449 g/mol. The highest BCUT2D eigenvalue weighted by Crippen LogP contribution is 2.15. The van der Waals surface area contributed by atoms with Gasteiger partial charge in [0.15, 0.2) is 18.1 Å². The summed E-state index contributed by atoms with van der Waals surface area (Å²) in [5, 5.41) is 1.42. The number of esters is 2. The van der Waals surface area contributed by atoms with Gasteiger partial charge in [0.1, 0.15) is 11.6 Å². The van der Waals surface area contributed by atoms with Gasteiger partial charge in [0.25, 0.3) is 0 Å². The minimum Gasteiger partial charge on any atom is -0.458 e. The molecule has 168 valence electrons. The first kappa shape index (κ1) is 25.1. The summed E-state index contributed by atoms with van der Waals surface area (Å²) in [5.74, 6) is -2.43. The first-order valence-corrected chi connectivity index (χ1v) is 9.54. The summed E-state index contributed by atoms with van der Waals surface area (Å²) in [6.45, 7) is 6.48. The Balaban J connectivity index is 2.62. The van der Waals surface area contributed by atoms with Gasteiger partial charge in [-0.1, -0.05) is 0 Å². The smallest absolute Gasteiger partial charge is 0.458 e. The summed E-state index contributed by atoms with van der Waals surface area (Å²) in [5.41, 5.74) is -0.847. The second-order valence-electron chi connectivity index (χ2n) is 6.70. The van der Waals surface area contributed by atoms with Gasteiger partial charge in [-0.15, -0.1) is 0 Å². The molecule has 0 spiro atoms. The Morgan fingerprint density at radius 2 is 1.77 bits per heavy atom. The Bertz CT molecular complexity index is 820. The van der Waals surface area contributed by atoms with E-state index in [1.54, 1.807) is 20.8 Å². The number of carbonyl (C=O) groups is 4. The number of thioether (sulfide) groups is 1. The quantitative estimate of drug-likeness (QED) is 0.349. The topological polar surface area (TPSA) is 161 Å². The van der Waals surface area contributed by atoms with Gasteiger partial charge in [0, 0.05) is 12.7 Å². The maximum atomic E-state index is 12.3. The first-order valence-electron chi connectivity index (χ1n) is 8.56. The summed E-state index contributed by atoms with van der Waals surface area (Å²) in [6, 6.07) is -1.26. The number of carbonyl (C=O) groups excluding carboxylic acids is 4. The molecule has 0 aliphatic heterocycles. The van der Waals surface area contributed by atoms with Crippen LogP contribution in [0.5, 0.6) is 0 Å². The molecule has 12 nitrogen and oxygen atoms in total. The van der Waals surface area contributed by atoms with Gasteiger partial charge in [-0.2, -0.15) is 0 Å². The molecule has 0 fully saturated rings. The normalized spacial score (nSPS) is 11.9. The highest BCUT2D eigenvalue weighted by Gasteiger charge is 2.28. The minimum atomic E-state index is -1.26. The second-order valence-corrected chi connectivity index (χ2v) is 7.65. The Kier molecular flexibility index (Phi) is 9.43. The zero-order valence-corrected chi connectivity index (χ0v) is 17.9.